The number of ether oxygens (including phenoxy) is 2. The summed E-state index contributed by atoms with van der Waals surface area (Å²) in [7, 11) is 1.68. The quantitative estimate of drug-likeness (QED) is 0.492. The largest absolute Gasteiger partial charge is 0.497 e. The lowest BCUT2D eigenvalue weighted by Gasteiger charge is -2.27. The van der Waals surface area contributed by atoms with Crippen molar-refractivity contribution in [3.05, 3.63) is 23.8 Å². The van der Waals surface area contributed by atoms with E-state index in [9.17, 15) is 5.11 Å². The molecule has 1 aromatic rings. The van der Waals surface area contributed by atoms with E-state index in [2.05, 4.69) is 17.6 Å². The van der Waals surface area contributed by atoms with E-state index in [1.54, 1.807) is 7.11 Å². The topological polar surface area (TPSA) is 75.1 Å². The Bertz CT molecular complexity index is 636. The third kappa shape index (κ3) is 6.03. The lowest BCUT2D eigenvalue weighted by atomic mass is 9.93. The highest BCUT2D eigenvalue weighted by Crippen LogP contribution is 2.30. The van der Waals surface area contributed by atoms with Gasteiger partial charge in [0, 0.05) is 24.2 Å². The molecular formula is C22H35N3O3. The number of hydrogen-bond donors (Lipinski definition) is 3. The number of nitrogens with zero attached hydrogens (tertiary/aromatic N) is 1. The fourth-order valence-corrected chi connectivity index (χ4v) is 3.99. The fraction of sp³-hybridized carbons (Fsp3) is 0.682. The molecule has 6 heteroatoms. The molecule has 0 aromatic heterocycles. The van der Waals surface area contributed by atoms with Crippen molar-refractivity contribution < 1.29 is 14.6 Å². The summed E-state index contributed by atoms with van der Waals surface area (Å²) in [4.78, 5) is 4.80. The van der Waals surface area contributed by atoms with Gasteiger partial charge in [-0.25, -0.2) is 4.99 Å². The Labute approximate surface area is 168 Å². The normalized spacial score (nSPS) is 23.5. The predicted octanol–water partition coefficient (Wildman–Crippen LogP) is 3.38. The van der Waals surface area contributed by atoms with Gasteiger partial charge in [0.1, 0.15) is 11.5 Å². The number of benzene rings is 1. The van der Waals surface area contributed by atoms with E-state index in [1.807, 2.05) is 18.2 Å². The molecule has 2 aliphatic carbocycles. The van der Waals surface area contributed by atoms with Crippen molar-refractivity contribution in [2.45, 2.75) is 83.1 Å². The standard InChI is InChI=1S/C22H35N3O3/c1-3-23-22(25-17-9-11-18(26)12-10-17)24-15-16-8-13-20(27-2)14-21(16)28-19-6-4-5-7-19/h8,13-14,17-19,26H,3-7,9-12,15H2,1-2H3,(H2,23,24,25). The molecule has 0 atom stereocenters. The van der Waals surface area contributed by atoms with Gasteiger partial charge < -0.3 is 25.2 Å². The van der Waals surface area contributed by atoms with Crippen molar-refractivity contribution in [3.8, 4) is 11.5 Å². The van der Waals surface area contributed by atoms with E-state index >= 15 is 0 Å². The van der Waals surface area contributed by atoms with E-state index in [0.717, 1.165) is 68.1 Å². The van der Waals surface area contributed by atoms with Crippen LogP contribution in [0.15, 0.2) is 23.2 Å². The average molecular weight is 390 g/mol. The highest BCUT2D eigenvalue weighted by atomic mass is 16.5. The SMILES string of the molecule is CCNC(=NCc1ccc(OC)cc1OC1CCCC1)NC1CCC(O)CC1. The van der Waals surface area contributed by atoms with Gasteiger partial charge in [-0.15, -0.1) is 0 Å². The maximum Gasteiger partial charge on any atom is 0.191 e. The van der Waals surface area contributed by atoms with Crippen LogP contribution >= 0.6 is 0 Å². The van der Waals surface area contributed by atoms with Gasteiger partial charge >= 0.3 is 0 Å². The maximum atomic E-state index is 9.71. The zero-order valence-electron chi connectivity index (χ0n) is 17.2. The molecule has 0 amide bonds. The molecule has 0 spiro atoms. The minimum absolute atomic E-state index is 0.146. The monoisotopic (exact) mass is 389 g/mol. The van der Waals surface area contributed by atoms with Gasteiger partial charge in [-0.2, -0.15) is 0 Å². The molecule has 0 aliphatic heterocycles. The van der Waals surface area contributed by atoms with Crippen molar-refractivity contribution in [2.75, 3.05) is 13.7 Å². The Morgan fingerprint density at radius 3 is 2.57 bits per heavy atom. The molecule has 2 saturated carbocycles. The highest BCUT2D eigenvalue weighted by molar-refractivity contribution is 5.80. The summed E-state index contributed by atoms with van der Waals surface area (Å²) in [6.07, 6.45) is 8.55. The number of guanidine groups is 1. The van der Waals surface area contributed by atoms with Gasteiger partial charge in [0.2, 0.25) is 0 Å². The third-order valence-electron chi connectivity index (χ3n) is 5.66. The lowest BCUT2D eigenvalue weighted by molar-refractivity contribution is 0.120. The Balaban J connectivity index is 1.68. The molecule has 3 rings (SSSR count). The molecule has 0 bridgehead atoms. The Morgan fingerprint density at radius 2 is 1.89 bits per heavy atom. The van der Waals surface area contributed by atoms with Crippen LogP contribution in [0, 0.1) is 0 Å². The minimum atomic E-state index is -0.146. The van der Waals surface area contributed by atoms with Crippen LogP contribution in [0.1, 0.15) is 63.9 Å². The van der Waals surface area contributed by atoms with Crippen molar-refractivity contribution in [3.63, 3.8) is 0 Å². The zero-order valence-corrected chi connectivity index (χ0v) is 17.2. The number of aliphatic hydroxyl groups is 1. The Kier molecular flexibility index (Phi) is 7.83. The van der Waals surface area contributed by atoms with Crippen LogP contribution < -0.4 is 20.1 Å². The van der Waals surface area contributed by atoms with Crippen LogP contribution in [-0.4, -0.2) is 43.0 Å². The Morgan fingerprint density at radius 1 is 1.14 bits per heavy atom. The molecule has 3 N–H and O–H groups in total. The van der Waals surface area contributed by atoms with Gasteiger partial charge in [-0.1, -0.05) is 0 Å². The van der Waals surface area contributed by atoms with Gasteiger partial charge in [0.25, 0.3) is 0 Å². The van der Waals surface area contributed by atoms with E-state index in [0.29, 0.717) is 18.7 Å². The summed E-state index contributed by atoms with van der Waals surface area (Å²) in [5.74, 6) is 2.52. The molecule has 0 radical (unpaired) electrons. The third-order valence-corrected chi connectivity index (χ3v) is 5.66. The smallest absolute Gasteiger partial charge is 0.191 e. The zero-order chi connectivity index (χ0) is 19.8. The predicted molar refractivity (Wildman–Crippen MR) is 112 cm³/mol. The molecule has 0 saturated heterocycles. The molecular weight excluding hydrogens is 354 g/mol. The molecule has 2 fully saturated rings. The van der Waals surface area contributed by atoms with Crippen LogP contribution in [0.4, 0.5) is 0 Å². The summed E-state index contributed by atoms with van der Waals surface area (Å²) < 4.78 is 11.7. The first-order chi connectivity index (χ1) is 13.7. The van der Waals surface area contributed by atoms with Crippen LogP contribution in [0.25, 0.3) is 0 Å². The van der Waals surface area contributed by atoms with Crippen LogP contribution in [0.2, 0.25) is 0 Å². The molecule has 2 aliphatic rings. The molecule has 156 valence electrons. The minimum Gasteiger partial charge on any atom is -0.497 e. The summed E-state index contributed by atoms with van der Waals surface area (Å²) >= 11 is 0. The van der Waals surface area contributed by atoms with E-state index in [1.165, 1.54) is 12.8 Å². The fourth-order valence-electron chi connectivity index (χ4n) is 3.99. The van der Waals surface area contributed by atoms with Gasteiger partial charge in [0.05, 0.1) is 25.9 Å². The maximum absolute atomic E-state index is 9.71. The molecule has 6 nitrogen and oxygen atoms in total. The lowest BCUT2D eigenvalue weighted by Crippen LogP contribution is -2.45. The summed E-state index contributed by atoms with van der Waals surface area (Å²) in [6.45, 7) is 3.44. The van der Waals surface area contributed by atoms with Crippen molar-refractivity contribution in [1.82, 2.24) is 10.6 Å². The molecule has 0 unspecified atom stereocenters. The number of aliphatic hydroxyl groups excluding tert-OH is 1. The van der Waals surface area contributed by atoms with E-state index < -0.39 is 0 Å². The summed E-state index contributed by atoms with van der Waals surface area (Å²) in [5, 5.41) is 16.6. The van der Waals surface area contributed by atoms with E-state index in [-0.39, 0.29) is 6.10 Å². The van der Waals surface area contributed by atoms with Crippen LogP contribution in [0.3, 0.4) is 0 Å². The first kappa shape index (κ1) is 20.8. The molecule has 1 aromatic carbocycles. The first-order valence-corrected chi connectivity index (χ1v) is 10.7. The number of nitrogens with one attached hydrogen (secondary N) is 2. The van der Waals surface area contributed by atoms with E-state index in [4.69, 9.17) is 14.5 Å². The highest BCUT2D eigenvalue weighted by Gasteiger charge is 2.21. The van der Waals surface area contributed by atoms with Gasteiger partial charge in [0.15, 0.2) is 5.96 Å². The van der Waals surface area contributed by atoms with Crippen molar-refractivity contribution in [1.29, 1.82) is 0 Å². The second kappa shape index (κ2) is 10.6. The second-order valence-electron chi connectivity index (χ2n) is 7.84. The number of methoxy groups -OCH3 is 1. The number of rotatable bonds is 7. The second-order valence-corrected chi connectivity index (χ2v) is 7.84. The Hall–Kier alpha value is -1.95. The first-order valence-electron chi connectivity index (χ1n) is 10.7. The average Bonchev–Trinajstić information content (AvgIpc) is 3.21. The van der Waals surface area contributed by atoms with Crippen LogP contribution in [0.5, 0.6) is 11.5 Å². The van der Waals surface area contributed by atoms with Crippen LogP contribution in [-0.2, 0) is 6.54 Å². The summed E-state index contributed by atoms with van der Waals surface area (Å²) in [6, 6.07) is 6.36. The number of hydrogen-bond acceptors (Lipinski definition) is 4. The molecule has 0 heterocycles. The molecule has 28 heavy (non-hydrogen) atoms. The number of aliphatic imine (C=N–C) groups is 1. The van der Waals surface area contributed by atoms with Crippen molar-refractivity contribution in [2.24, 2.45) is 4.99 Å². The van der Waals surface area contributed by atoms with Crippen molar-refractivity contribution >= 4 is 5.96 Å². The van der Waals surface area contributed by atoms with Gasteiger partial charge in [-0.3, -0.25) is 0 Å². The van der Waals surface area contributed by atoms with Gasteiger partial charge in [-0.05, 0) is 70.4 Å². The summed E-state index contributed by atoms with van der Waals surface area (Å²) in [5.41, 5.74) is 1.07.